The van der Waals surface area contributed by atoms with Crippen LogP contribution in [0, 0.1) is 19.7 Å². The summed E-state index contributed by atoms with van der Waals surface area (Å²) in [5.74, 6) is -0.924. The number of halogens is 3. The average Bonchev–Trinajstić information content (AvgIpc) is 2.82. The molecular weight excluding hydrogens is 378 g/mol. The van der Waals surface area contributed by atoms with Crippen LogP contribution in [0.1, 0.15) is 40.9 Å². The van der Waals surface area contributed by atoms with E-state index in [0.717, 1.165) is 29.1 Å². The van der Waals surface area contributed by atoms with Crippen molar-refractivity contribution in [3.05, 3.63) is 46.0 Å². The molecule has 1 amide bonds. The standard InChI is InChI=1S/C18H23FN4O.2ClH/c1-10(16-11(2)22-23(4)12(16)3)18(24)21-15-6-5-13-9-20-8-7-14(13)17(15)19;;/h5-6,10,20H,7-9H2,1-4H3,(H,21,24);2*1H. The van der Waals surface area contributed by atoms with Crippen molar-refractivity contribution >= 4 is 36.4 Å². The minimum absolute atomic E-state index is 0. The van der Waals surface area contributed by atoms with Gasteiger partial charge in [-0.1, -0.05) is 6.07 Å². The fraction of sp³-hybridized carbons (Fsp3) is 0.444. The summed E-state index contributed by atoms with van der Waals surface area (Å²) in [6, 6.07) is 3.53. The molecule has 1 aromatic heterocycles. The molecule has 1 aliphatic heterocycles. The topological polar surface area (TPSA) is 59.0 Å². The lowest BCUT2D eigenvalue weighted by atomic mass is 9.97. The molecule has 0 bridgehead atoms. The number of carbonyl (C=O) groups is 1. The molecule has 1 atom stereocenters. The third-order valence-electron chi connectivity index (χ3n) is 4.86. The molecule has 3 rings (SSSR count). The maximum atomic E-state index is 14.7. The SMILES string of the molecule is Cc1nn(C)c(C)c1C(C)C(=O)Nc1ccc2c(c1F)CCNC2.Cl.Cl. The van der Waals surface area contributed by atoms with Crippen LogP contribution in [0.2, 0.25) is 0 Å². The van der Waals surface area contributed by atoms with Gasteiger partial charge in [0.1, 0.15) is 5.82 Å². The molecule has 8 heteroatoms. The van der Waals surface area contributed by atoms with Gasteiger partial charge >= 0.3 is 0 Å². The molecule has 26 heavy (non-hydrogen) atoms. The Balaban J connectivity index is 0.00000169. The monoisotopic (exact) mass is 402 g/mol. The second-order valence-electron chi connectivity index (χ2n) is 6.41. The van der Waals surface area contributed by atoms with E-state index in [2.05, 4.69) is 15.7 Å². The van der Waals surface area contributed by atoms with Crippen LogP contribution in [0.4, 0.5) is 10.1 Å². The Labute approximate surface area is 165 Å². The highest BCUT2D eigenvalue weighted by atomic mass is 35.5. The van der Waals surface area contributed by atoms with Gasteiger partial charge in [-0.05, 0) is 50.9 Å². The first-order valence-electron chi connectivity index (χ1n) is 8.22. The average molecular weight is 403 g/mol. The van der Waals surface area contributed by atoms with Crippen molar-refractivity contribution in [2.75, 3.05) is 11.9 Å². The highest BCUT2D eigenvalue weighted by molar-refractivity contribution is 5.96. The smallest absolute Gasteiger partial charge is 0.231 e. The summed E-state index contributed by atoms with van der Waals surface area (Å²) in [4.78, 5) is 12.6. The van der Waals surface area contributed by atoms with Crippen LogP contribution in [0.25, 0.3) is 0 Å². The second kappa shape index (κ2) is 8.84. The minimum atomic E-state index is -0.393. The molecule has 5 nitrogen and oxygen atoms in total. The van der Waals surface area contributed by atoms with Crippen LogP contribution >= 0.6 is 24.8 Å². The van der Waals surface area contributed by atoms with E-state index in [1.54, 1.807) is 10.7 Å². The number of anilines is 1. The van der Waals surface area contributed by atoms with E-state index in [1.807, 2.05) is 33.9 Å². The third kappa shape index (κ3) is 4.03. The number of benzene rings is 1. The first kappa shape index (κ1) is 22.4. The lowest BCUT2D eigenvalue weighted by Crippen LogP contribution is -2.26. The van der Waals surface area contributed by atoms with E-state index < -0.39 is 5.92 Å². The number of rotatable bonds is 3. The Kier molecular flexibility index (Phi) is 7.62. The summed E-state index contributed by atoms with van der Waals surface area (Å²) >= 11 is 0. The van der Waals surface area contributed by atoms with E-state index >= 15 is 0 Å². The molecule has 0 radical (unpaired) electrons. The van der Waals surface area contributed by atoms with Gasteiger partial charge in [0.05, 0.1) is 17.3 Å². The fourth-order valence-corrected chi connectivity index (χ4v) is 3.42. The predicted octanol–water partition coefficient (Wildman–Crippen LogP) is 3.41. The zero-order valence-electron chi connectivity index (χ0n) is 15.4. The van der Waals surface area contributed by atoms with Crippen LogP contribution < -0.4 is 10.6 Å². The normalized spacial score (nSPS) is 13.9. The van der Waals surface area contributed by atoms with Crippen LogP contribution in [-0.4, -0.2) is 22.2 Å². The van der Waals surface area contributed by atoms with Crippen LogP contribution in [0.5, 0.6) is 0 Å². The Morgan fingerprint density at radius 1 is 1.35 bits per heavy atom. The zero-order valence-corrected chi connectivity index (χ0v) is 17.0. The summed E-state index contributed by atoms with van der Waals surface area (Å²) in [5.41, 5.74) is 4.60. The molecule has 0 saturated carbocycles. The number of fused-ring (bicyclic) bond motifs is 1. The highest BCUT2D eigenvalue weighted by Crippen LogP contribution is 2.27. The van der Waals surface area contributed by atoms with Gasteiger partial charge in [-0.15, -0.1) is 24.8 Å². The summed E-state index contributed by atoms with van der Waals surface area (Å²) in [7, 11) is 1.85. The van der Waals surface area contributed by atoms with Gasteiger partial charge in [-0.25, -0.2) is 4.39 Å². The number of aromatic nitrogens is 2. The van der Waals surface area contributed by atoms with Gasteiger partial charge in [0.15, 0.2) is 0 Å². The summed E-state index contributed by atoms with van der Waals surface area (Å²) in [5, 5.41) is 10.3. The van der Waals surface area contributed by atoms with E-state index in [4.69, 9.17) is 0 Å². The number of nitrogens with zero attached hydrogens (tertiary/aromatic N) is 2. The Morgan fingerprint density at radius 3 is 2.65 bits per heavy atom. The molecule has 1 unspecified atom stereocenters. The molecule has 0 saturated heterocycles. The molecule has 2 aromatic rings. The molecule has 0 fully saturated rings. The molecule has 0 spiro atoms. The van der Waals surface area contributed by atoms with Gasteiger partial charge in [0.2, 0.25) is 5.91 Å². The van der Waals surface area contributed by atoms with Gasteiger partial charge in [0, 0.05) is 24.8 Å². The zero-order chi connectivity index (χ0) is 17.4. The van der Waals surface area contributed by atoms with Crippen molar-refractivity contribution in [3.8, 4) is 0 Å². The quantitative estimate of drug-likeness (QED) is 0.826. The molecule has 1 aliphatic rings. The first-order chi connectivity index (χ1) is 11.4. The number of hydrogen-bond donors (Lipinski definition) is 2. The highest BCUT2D eigenvalue weighted by Gasteiger charge is 2.24. The lowest BCUT2D eigenvalue weighted by Gasteiger charge is -2.20. The van der Waals surface area contributed by atoms with Crippen molar-refractivity contribution in [1.29, 1.82) is 0 Å². The second-order valence-corrected chi connectivity index (χ2v) is 6.41. The number of amides is 1. The predicted molar refractivity (Wildman–Crippen MR) is 106 cm³/mol. The van der Waals surface area contributed by atoms with Crippen LogP contribution in [0.3, 0.4) is 0 Å². The van der Waals surface area contributed by atoms with Gasteiger partial charge in [-0.2, -0.15) is 5.10 Å². The van der Waals surface area contributed by atoms with Gasteiger partial charge in [0.25, 0.3) is 0 Å². The summed E-state index contributed by atoms with van der Waals surface area (Å²) in [6.07, 6.45) is 0.640. The summed E-state index contributed by atoms with van der Waals surface area (Å²) in [6.45, 7) is 7.08. The largest absolute Gasteiger partial charge is 0.323 e. The molecule has 144 valence electrons. The number of carbonyl (C=O) groups excluding carboxylic acids is 1. The van der Waals surface area contributed by atoms with Crippen LogP contribution in [-0.2, 0) is 24.8 Å². The van der Waals surface area contributed by atoms with Gasteiger partial charge in [-0.3, -0.25) is 9.48 Å². The summed E-state index contributed by atoms with van der Waals surface area (Å²) < 4.78 is 16.4. The molecule has 2 heterocycles. The van der Waals surface area contributed by atoms with Crippen LogP contribution in [0.15, 0.2) is 12.1 Å². The molecular formula is C18H25Cl2FN4O. The number of hydrogen-bond acceptors (Lipinski definition) is 3. The Morgan fingerprint density at radius 2 is 2.04 bits per heavy atom. The van der Waals surface area contributed by atoms with Crippen molar-refractivity contribution in [2.45, 2.75) is 39.7 Å². The maximum Gasteiger partial charge on any atom is 0.231 e. The van der Waals surface area contributed by atoms with E-state index in [1.165, 1.54) is 0 Å². The molecule has 2 N–H and O–H groups in total. The Bertz CT molecular complexity index is 807. The van der Waals surface area contributed by atoms with Gasteiger partial charge < -0.3 is 10.6 Å². The first-order valence-corrected chi connectivity index (χ1v) is 8.22. The number of aryl methyl sites for hydroxylation is 2. The number of nitrogens with one attached hydrogen (secondary N) is 2. The van der Waals surface area contributed by atoms with Crippen molar-refractivity contribution < 1.29 is 9.18 Å². The van der Waals surface area contributed by atoms with Crippen molar-refractivity contribution in [3.63, 3.8) is 0 Å². The minimum Gasteiger partial charge on any atom is -0.323 e. The maximum absolute atomic E-state index is 14.7. The van der Waals surface area contributed by atoms with E-state index in [9.17, 15) is 9.18 Å². The molecule has 0 aliphatic carbocycles. The fourth-order valence-electron chi connectivity index (χ4n) is 3.42. The van der Waals surface area contributed by atoms with Crippen molar-refractivity contribution in [1.82, 2.24) is 15.1 Å². The molecule has 1 aromatic carbocycles. The third-order valence-corrected chi connectivity index (χ3v) is 4.86. The Hall–Kier alpha value is -1.63. The van der Waals surface area contributed by atoms with E-state index in [-0.39, 0.29) is 42.2 Å². The van der Waals surface area contributed by atoms with Crippen molar-refractivity contribution in [2.24, 2.45) is 7.05 Å². The lowest BCUT2D eigenvalue weighted by molar-refractivity contribution is -0.117. The van der Waals surface area contributed by atoms with E-state index in [0.29, 0.717) is 18.5 Å².